The van der Waals surface area contributed by atoms with Crippen LogP contribution in [-0.4, -0.2) is 63.2 Å². The summed E-state index contributed by atoms with van der Waals surface area (Å²) in [4.78, 5) is 23.6. The van der Waals surface area contributed by atoms with Crippen LogP contribution >= 0.6 is 0 Å². The lowest BCUT2D eigenvalue weighted by atomic mass is 9.91. The zero-order valence-electron chi connectivity index (χ0n) is 17.0. The van der Waals surface area contributed by atoms with Gasteiger partial charge in [-0.05, 0) is 52.8 Å². The SMILES string of the molecule is CC(CCC(CCC(C)c1ncccn1)c1ncncn1)OCCN(C)C. The van der Waals surface area contributed by atoms with Crippen molar-refractivity contribution in [3.63, 3.8) is 0 Å². The summed E-state index contributed by atoms with van der Waals surface area (Å²) in [7, 11) is 4.12. The third-order valence-corrected chi connectivity index (χ3v) is 4.72. The molecular weight excluding hydrogens is 340 g/mol. The third-order valence-electron chi connectivity index (χ3n) is 4.72. The van der Waals surface area contributed by atoms with Gasteiger partial charge in [-0.25, -0.2) is 24.9 Å². The summed E-state index contributed by atoms with van der Waals surface area (Å²) in [6.07, 6.45) is 11.0. The molecule has 2 aromatic rings. The first-order valence-corrected chi connectivity index (χ1v) is 9.71. The van der Waals surface area contributed by atoms with Crippen molar-refractivity contribution in [1.82, 2.24) is 29.8 Å². The lowest BCUT2D eigenvalue weighted by Gasteiger charge is -2.20. The highest BCUT2D eigenvalue weighted by molar-refractivity contribution is 4.98. The molecule has 2 heterocycles. The average molecular weight is 373 g/mol. The molecule has 0 radical (unpaired) electrons. The second-order valence-electron chi connectivity index (χ2n) is 7.34. The van der Waals surface area contributed by atoms with Crippen LogP contribution in [0.1, 0.15) is 63.0 Å². The lowest BCUT2D eigenvalue weighted by molar-refractivity contribution is 0.0480. The Balaban J connectivity index is 1.88. The van der Waals surface area contributed by atoms with Crippen LogP contribution in [0.25, 0.3) is 0 Å². The van der Waals surface area contributed by atoms with E-state index in [4.69, 9.17) is 4.74 Å². The number of likely N-dealkylation sites (N-methyl/N-ethyl adjacent to an activating group) is 1. The molecule has 0 amide bonds. The van der Waals surface area contributed by atoms with Gasteiger partial charge in [0.25, 0.3) is 0 Å². The minimum Gasteiger partial charge on any atom is -0.377 e. The van der Waals surface area contributed by atoms with E-state index < -0.39 is 0 Å². The topological polar surface area (TPSA) is 76.9 Å². The molecule has 0 saturated heterocycles. The Morgan fingerprint density at radius 1 is 0.889 bits per heavy atom. The van der Waals surface area contributed by atoms with Crippen molar-refractivity contribution >= 4 is 0 Å². The standard InChI is InChI=1S/C20H32N6O/c1-16(19-22-10-5-11-23-19)6-8-18(20-24-14-21-15-25-20)9-7-17(2)27-13-12-26(3)4/h5,10-11,14-18H,6-9,12-13H2,1-4H3. The highest BCUT2D eigenvalue weighted by atomic mass is 16.5. The van der Waals surface area contributed by atoms with Crippen molar-refractivity contribution in [2.24, 2.45) is 0 Å². The largest absolute Gasteiger partial charge is 0.377 e. The van der Waals surface area contributed by atoms with E-state index in [2.05, 4.69) is 57.8 Å². The Bertz CT molecular complexity index is 625. The van der Waals surface area contributed by atoms with Crippen molar-refractivity contribution < 1.29 is 4.74 Å². The summed E-state index contributed by atoms with van der Waals surface area (Å²) >= 11 is 0. The van der Waals surface area contributed by atoms with Crippen LogP contribution in [-0.2, 0) is 4.74 Å². The van der Waals surface area contributed by atoms with Crippen LogP contribution in [0.3, 0.4) is 0 Å². The molecule has 0 bridgehead atoms. The Labute approximate surface area is 162 Å². The summed E-state index contributed by atoms with van der Waals surface area (Å²) in [6.45, 7) is 6.01. The smallest absolute Gasteiger partial charge is 0.135 e. The number of hydrogen-bond donors (Lipinski definition) is 0. The maximum atomic E-state index is 5.92. The molecule has 7 nitrogen and oxygen atoms in total. The third kappa shape index (κ3) is 8.05. The van der Waals surface area contributed by atoms with Crippen LogP contribution in [0.4, 0.5) is 0 Å². The average Bonchev–Trinajstić information content (AvgIpc) is 2.69. The molecule has 0 aliphatic heterocycles. The van der Waals surface area contributed by atoms with E-state index in [-0.39, 0.29) is 6.10 Å². The molecule has 0 aromatic carbocycles. The zero-order valence-corrected chi connectivity index (χ0v) is 17.0. The fourth-order valence-corrected chi connectivity index (χ4v) is 2.96. The van der Waals surface area contributed by atoms with Gasteiger partial charge in [0.05, 0.1) is 12.7 Å². The lowest BCUT2D eigenvalue weighted by Crippen LogP contribution is -2.21. The van der Waals surface area contributed by atoms with Crippen molar-refractivity contribution in [1.29, 1.82) is 0 Å². The van der Waals surface area contributed by atoms with E-state index in [0.29, 0.717) is 11.8 Å². The Hall–Kier alpha value is -1.99. The van der Waals surface area contributed by atoms with Crippen molar-refractivity contribution in [2.45, 2.75) is 57.5 Å². The predicted molar refractivity (Wildman–Crippen MR) is 105 cm³/mol. The minimum absolute atomic E-state index is 0.226. The van der Waals surface area contributed by atoms with E-state index >= 15 is 0 Å². The monoisotopic (exact) mass is 372 g/mol. The molecule has 0 aliphatic rings. The summed E-state index contributed by atoms with van der Waals surface area (Å²) in [5.74, 6) is 2.36. The van der Waals surface area contributed by atoms with Gasteiger partial charge in [0.2, 0.25) is 0 Å². The first kappa shape index (κ1) is 21.3. The molecule has 0 N–H and O–H groups in total. The summed E-state index contributed by atoms with van der Waals surface area (Å²) in [6, 6.07) is 1.85. The van der Waals surface area contributed by atoms with Gasteiger partial charge in [0.15, 0.2) is 0 Å². The van der Waals surface area contributed by atoms with E-state index in [1.165, 1.54) is 0 Å². The maximum absolute atomic E-state index is 5.92. The van der Waals surface area contributed by atoms with Gasteiger partial charge >= 0.3 is 0 Å². The van der Waals surface area contributed by atoms with E-state index in [1.807, 2.05) is 6.07 Å². The predicted octanol–water partition coefficient (Wildman–Crippen LogP) is 3.08. The molecule has 148 valence electrons. The number of ether oxygens (including phenoxy) is 1. The molecular formula is C20H32N6O. The maximum Gasteiger partial charge on any atom is 0.135 e. The second kappa shape index (κ2) is 11.7. The summed E-state index contributed by atoms with van der Waals surface area (Å²) in [5, 5.41) is 0. The van der Waals surface area contributed by atoms with Crippen LogP contribution in [0.5, 0.6) is 0 Å². The molecule has 27 heavy (non-hydrogen) atoms. The molecule has 3 unspecified atom stereocenters. The van der Waals surface area contributed by atoms with Gasteiger partial charge in [-0.3, -0.25) is 0 Å². The number of aromatic nitrogens is 5. The number of nitrogens with zero attached hydrogens (tertiary/aromatic N) is 6. The van der Waals surface area contributed by atoms with E-state index in [1.54, 1.807) is 25.0 Å². The van der Waals surface area contributed by atoms with Gasteiger partial charge in [-0.15, -0.1) is 0 Å². The molecule has 0 aliphatic carbocycles. The molecule has 2 rings (SSSR count). The molecule has 2 aromatic heterocycles. The fourth-order valence-electron chi connectivity index (χ4n) is 2.96. The Morgan fingerprint density at radius 3 is 2.22 bits per heavy atom. The first-order chi connectivity index (χ1) is 13.1. The van der Waals surface area contributed by atoms with Crippen molar-refractivity contribution in [3.8, 4) is 0 Å². The highest BCUT2D eigenvalue weighted by Gasteiger charge is 2.19. The molecule has 0 saturated carbocycles. The van der Waals surface area contributed by atoms with Gasteiger partial charge in [-0.2, -0.15) is 0 Å². The zero-order chi connectivity index (χ0) is 19.5. The second-order valence-corrected chi connectivity index (χ2v) is 7.34. The fraction of sp³-hybridized carbons (Fsp3) is 0.650. The van der Waals surface area contributed by atoms with Gasteiger partial charge in [0, 0.05) is 30.8 Å². The quantitative estimate of drug-likeness (QED) is 0.566. The van der Waals surface area contributed by atoms with Crippen LogP contribution in [0.15, 0.2) is 31.1 Å². The first-order valence-electron chi connectivity index (χ1n) is 9.71. The van der Waals surface area contributed by atoms with Gasteiger partial charge in [-0.1, -0.05) is 6.92 Å². The molecule has 0 fully saturated rings. The molecule has 0 spiro atoms. The summed E-state index contributed by atoms with van der Waals surface area (Å²) in [5.41, 5.74) is 0. The van der Waals surface area contributed by atoms with Crippen LogP contribution < -0.4 is 0 Å². The van der Waals surface area contributed by atoms with Gasteiger partial charge < -0.3 is 9.64 Å². The number of rotatable bonds is 12. The van der Waals surface area contributed by atoms with Crippen LogP contribution in [0, 0.1) is 0 Å². The minimum atomic E-state index is 0.226. The van der Waals surface area contributed by atoms with E-state index in [0.717, 1.165) is 50.5 Å². The van der Waals surface area contributed by atoms with Crippen molar-refractivity contribution in [3.05, 3.63) is 42.8 Å². The van der Waals surface area contributed by atoms with Crippen molar-refractivity contribution in [2.75, 3.05) is 27.2 Å². The Morgan fingerprint density at radius 2 is 1.56 bits per heavy atom. The molecule has 7 heteroatoms. The van der Waals surface area contributed by atoms with Gasteiger partial charge in [0.1, 0.15) is 24.3 Å². The normalized spacial score (nSPS) is 14.9. The highest BCUT2D eigenvalue weighted by Crippen LogP contribution is 2.28. The van der Waals surface area contributed by atoms with Crippen LogP contribution in [0.2, 0.25) is 0 Å². The van der Waals surface area contributed by atoms with E-state index in [9.17, 15) is 0 Å². The Kier molecular flexibility index (Phi) is 9.21. The number of hydrogen-bond acceptors (Lipinski definition) is 7. The summed E-state index contributed by atoms with van der Waals surface area (Å²) < 4.78 is 5.92. The molecule has 3 atom stereocenters.